The topological polar surface area (TPSA) is 66.5 Å². The third-order valence-electron chi connectivity index (χ3n) is 3.64. The first-order chi connectivity index (χ1) is 11.7. The van der Waals surface area contributed by atoms with Gasteiger partial charge < -0.3 is 5.32 Å². The molecule has 0 aliphatic carbocycles. The van der Waals surface area contributed by atoms with Crippen LogP contribution in [0.1, 0.15) is 25.3 Å². The van der Waals surface area contributed by atoms with Crippen molar-refractivity contribution >= 4 is 27.3 Å². The summed E-state index contributed by atoms with van der Waals surface area (Å²) in [6, 6.07) is 12.5. The number of nitrogens with zero attached hydrogens (tertiary/aromatic N) is 1. The van der Waals surface area contributed by atoms with Crippen molar-refractivity contribution in [2.24, 2.45) is 0 Å². The molecule has 0 aliphatic rings. The quantitative estimate of drug-likeness (QED) is 0.855. The van der Waals surface area contributed by atoms with Gasteiger partial charge in [-0.25, -0.2) is 12.8 Å². The molecular formula is C18H21FN2O3S. The van der Waals surface area contributed by atoms with E-state index in [1.807, 2.05) is 12.1 Å². The van der Waals surface area contributed by atoms with Gasteiger partial charge >= 0.3 is 0 Å². The maximum absolute atomic E-state index is 13.4. The molecule has 0 fully saturated rings. The van der Waals surface area contributed by atoms with Crippen molar-refractivity contribution in [2.75, 3.05) is 22.4 Å². The third kappa shape index (κ3) is 5.29. The van der Waals surface area contributed by atoms with Gasteiger partial charge in [0.25, 0.3) is 0 Å². The summed E-state index contributed by atoms with van der Waals surface area (Å²) < 4.78 is 38.2. The van der Waals surface area contributed by atoms with Crippen LogP contribution in [0.5, 0.6) is 0 Å². The maximum atomic E-state index is 13.4. The Morgan fingerprint density at radius 3 is 2.32 bits per heavy atom. The Labute approximate surface area is 147 Å². The second kappa shape index (κ2) is 7.65. The van der Waals surface area contributed by atoms with Gasteiger partial charge in [-0.3, -0.25) is 9.10 Å². The highest BCUT2D eigenvalue weighted by Crippen LogP contribution is 2.20. The fourth-order valence-electron chi connectivity index (χ4n) is 2.31. The zero-order valence-electron chi connectivity index (χ0n) is 14.4. The van der Waals surface area contributed by atoms with Crippen LogP contribution < -0.4 is 9.62 Å². The van der Waals surface area contributed by atoms with Crippen LogP contribution in [0.2, 0.25) is 0 Å². The van der Waals surface area contributed by atoms with E-state index in [0.29, 0.717) is 11.6 Å². The van der Waals surface area contributed by atoms with Gasteiger partial charge in [0.1, 0.15) is 12.4 Å². The summed E-state index contributed by atoms with van der Waals surface area (Å²) in [5.41, 5.74) is 1.81. The molecule has 0 saturated heterocycles. The predicted molar refractivity (Wildman–Crippen MR) is 97.8 cm³/mol. The number of hydrogen-bond donors (Lipinski definition) is 1. The summed E-state index contributed by atoms with van der Waals surface area (Å²) >= 11 is 0. The van der Waals surface area contributed by atoms with Crippen molar-refractivity contribution in [1.29, 1.82) is 0 Å². The van der Waals surface area contributed by atoms with Crippen LogP contribution in [0.3, 0.4) is 0 Å². The average Bonchev–Trinajstić information content (AvgIpc) is 2.52. The second-order valence-corrected chi connectivity index (χ2v) is 7.98. The molecule has 25 heavy (non-hydrogen) atoms. The fraction of sp³-hybridized carbons (Fsp3) is 0.278. The molecule has 0 aliphatic heterocycles. The van der Waals surface area contributed by atoms with E-state index in [1.165, 1.54) is 18.2 Å². The minimum absolute atomic E-state index is 0.104. The van der Waals surface area contributed by atoms with Gasteiger partial charge in [-0.2, -0.15) is 0 Å². The Hall–Kier alpha value is -2.41. The zero-order chi connectivity index (χ0) is 18.6. The number of rotatable bonds is 6. The van der Waals surface area contributed by atoms with Gasteiger partial charge in [0, 0.05) is 5.69 Å². The molecule has 7 heteroatoms. The summed E-state index contributed by atoms with van der Waals surface area (Å²) in [7, 11) is -3.73. The van der Waals surface area contributed by atoms with Gasteiger partial charge in [-0.05, 0) is 41.8 Å². The Balaban J connectivity index is 2.15. The van der Waals surface area contributed by atoms with Crippen molar-refractivity contribution in [2.45, 2.75) is 19.8 Å². The summed E-state index contributed by atoms with van der Waals surface area (Å²) in [6.07, 6.45) is 0.975. The second-order valence-electron chi connectivity index (χ2n) is 6.07. The minimum Gasteiger partial charge on any atom is -0.325 e. The number of hydrogen-bond acceptors (Lipinski definition) is 3. The van der Waals surface area contributed by atoms with Crippen LogP contribution in [-0.4, -0.2) is 27.1 Å². The lowest BCUT2D eigenvalue weighted by Crippen LogP contribution is -2.37. The van der Waals surface area contributed by atoms with E-state index < -0.39 is 28.3 Å². The molecule has 0 atom stereocenters. The van der Waals surface area contributed by atoms with Gasteiger partial charge in [0.15, 0.2) is 0 Å². The molecule has 1 N–H and O–H groups in total. The van der Waals surface area contributed by atoms with Crippen LogP contribution in [-0.2, 0) is 14.8 Å². The number of benzene rings is 2. The Morgan fingerprint density at radius 2 is 1.80 bits per heavy atom. The van der Waals surface area contributed by atoms with Crippen LogP contribution in [0, 0.1) is 5.82 Å². The van der Waals surface area contributed by atoms with Crippen molar-refractivity contribution in [1.82, 2.24) is 0 Å². The molecule has 0 spiro atoms. The third-order valence-corrected chi connectivity index (χ3v) is 4.79. The summed E-state index contributed by atoms with van der Waals surface area (Å²) in [5.74, 6) is -0.707. The maximum Gasteiger partial charge on any atom is 0.245 e. The fourth-order valence-corrected chi connectivity index (χ4v) is 3.16. The van der Waals surface area contributed by atoms with E-state index in [9.17, 15) is 17.6 Å². The number of amides is 1. The largest absolute Gasteiger partial charge is 0.325 e. The number of anilines is 2. The number of nitrogens with one attached hydrogen (secondary N) is 1. The molecule has 134 valence electrons. The van der Waals surface area contributed by atoms with Gasteiger partial charge in [0.2, 0.25) is 15.9 Å². The molecule has 1 amide bonds. The molecule has 0 unspecified atom stereocenters. The molecule has 0 bridgehead atoms. The number of sulfonamides is 1. The van der Waals surface area contributed by atoms with Crippen LogP contribution in [0.25, 0.3) is 0 Å². The SMILES string of the molecule is CC(C)c1ccc(NC(=O)CN(c2cccc(F)c2)S(C)(=O)=O)cc1. The molecule has 0 aromatic heterocycles. The summed E-state index contributed by atoms with van der Waals surface area (Å²) in [5, 5.41) is 2.66. The summed E-state index contributed by atoms with van der Waals surface area (Å²) in [4.78, 5) is 12.2. The van der Waals surface area contributed by atoms with Gasteiger partial charge in [-0.1, -0.05) is 32.0 Å². The standard InChI is InChI=1S/C18H21FN2O3S/c1-13(2)14-7-9-16(10-8-14)20-18(22)12-21(25(3,23)24)17-6-4-5-15(19)11-17/h4-11,13H,12H2,1-3H3,(H,20,22). The zero-order valence-corrected chi connectivity index (χ0v) is 15.2. The molecule has 0 heterocycles. The van der Waals surface area contributed by atoms with Crippen molar-refractivity contribution in [3.05, 3.63) is 59.9 Å². The molecular weight excluding hydrogens is 343 g/mol. The molecule has 2 aromatic rings. The van der Waals surface area contributed by atoms with Crippen LogP contribution in [0.4, 0.5) is 15.8 Å². The lowest BCUT2D eigenvalue weighted by molar-refractivity contribution is -0.114. The van der Waals surface area contributed by atoms with E-state index >= 15 is 0 Å². The van der Waals surface area contributed by atoms with Gasteiger partial charge in [0.05, 0.1) is 11.9 Å². The molecule has 2 aromatic carbocycles. The number of halogens is 1. The molecule has 0 saturated carbocycles. The minimum atomic E-state index is -3.73. The van der Waals surface area contributed by atoms with Crippen molar-refractivity contribution in [3.8, 4) is 0 Å². The highest BCUT2D eigenvalue weighted by Gasteiger charge is 2.21. The summed E-state index contributed by atoms with van der Waals surface area (Å²) in [6.45, 7) is 3.70. The van der Waals surface area contributed by atoms with Crippen molar-refractivity contribution in [3.63, 3.8) is 0 Å². The van der Waals surface area contributed by atoms with Crippen LogP contribution >= 0.6 is 0 Å². The lowest BCUT2D eigenvalue weighted by Gasteiger charge is -2.22. The Kier molecular flexibility index (Phi) is 5.79. The first-order valence-electron chi connectivity index (χ1n) is 7.80. The lowest BCUT2D eigenvalue weighted by atomic mass is 10.0. The average molecular weight is 364 g/mol. The Morgan fingerprint density at radius 1 is 1.16 bits per heavy atom. The predicted octanol–water partition coefficient (Wildman–Crippen LogP) is 3.35. The van der Waals surface area contributed by atoms with Gasteiger partial charge in [-0.15, -0.1) is 0 Å². The highest BCUT2D eigenvalue weighted by molar-refractivity contribution is 7.92. The molecule has 2 rings (SSSR count). The monoisotopic (exact) mass is 364 g/mol. The van der Waals surface area contributed by atoms with E-state index in [0.717, 1.165) is 22.2 Å². The number of carbonyl (C=O) groups excluding carboxylic acids is 1. The number of carbonyl (C=O) groups is 1. The Bertz CT molecular complexity index is 849. The molecule has 5 nitrogen and oxygen atoms in total. The smallest absolute Gasteiger partial charge is 0.245 e. The highest BCUT2D eigenvalue weighted by atomic mass is 32.2. The molecule has 0 radical (unpaired) electrons. The van der Waals surface area contributed by atoms with E-state index in [2.05, 4.69) is 19.2 Å². The first-order valence-corrected chi connectivity index (χ1v) is 9.65. The normalized spacial score (nSPS) is 11.4. The van der Waals surface area contributed by atoms with Crippen LogP contribution in [0.15, 0.2) is 48.5 Å². The van der Waals surface area contributed by atoms with E-state index in [-0.39, 0.29) is 5.69 Å². The van der Waals surface area contributed by atoms with Crippen molar-refractivity contribution < 1.29 is 17.6 Å². The first kappa shape index (κ1) is 18.9. The van der Waals surface area contributed by atoms with E-state index in [1.54, 1.807) is 12.1 Å². The van der Waals surface area contributed by atoms with E-state index in [4.69, 9.17) is 0 Å².